The summed E-state index contributed by atoms with van der Waals surface area (Å²) in [5.74, 6) is 0.288. The second kappa shape index (κ2) is 9.95. The number of rotatable bonds is 7. The fourth-order valence-electron chi connectivity index (χ4n) is 4.13. The maximum Gasteiger partial charge on any atom is 0.261 e. The lowest BCUT2D eigenvalue weighted by molar-refractivity contribution is 0.0919. The zero-order chi connectivity index (χ0) is 24.4. The molecule has 1 atom stereocenters. The molecule has 1 amide bonds. The van der Waals surface area contributed by atoms with E-state index in [4.69, 9.17) is 4.74 Å². The summed E-state index contributed by atoms with van der Waals surface area (Å²) >= 11 is 1.50. The van der Waals surface area contributed by atoms with Crippen molar-refractivity contribution in [1.29, 1.82) is 0 Å². The van der Waals surface area contributed by atoms with Gasteiger partial charge in [0.2, 0.25) is 5.95 Å². The molecule has 1 aliphatic rings. The molecule has 1 aromatic carbocycles. The maximum absolute atomic E-state index is 12.9. The Bertz CT molecular complexity index is 1340. The number of carbonyl (C=O) groups excluding carboxylic acids is 1. The van der Waals surface area contributed by atoms with E-state index in [0.29, 0.717) is 24.0 Å². The van der Waals surface area contributed by atoms with Crippen LogP contribution < -0.4 is 10.6 Å². The first-order valence-electron chi connectivity index (χ1n) is 11.3. The Kier molecular flexibility index (Phi) is 6.58. The van der Waals surface area contributed by atoms with Gasteiger partial charge in [0.1, 0.15) is 0 Å². The fraction of sp³-hybridized carbons (Fsp3) is 0.280. The quantitative estimate of drug-likeness (QED) is 0.363. The zero-order valence-electron chi connectivity index (χ0n) is 19.5. The van der Waals surface area contributed by atoms with Crippen molar-refractivity contribution in [2.24, 2.45) is 7.05 Å². The van der Waals surface area contributed by atoms with Crippen LogP contribution >= 0.6 is 11.3 Å². The van der Waals surface area contributed by atoms with E-state index in [1.54, 1.807) is 17.1 Å². The minimum absolute atomic E-state index is 0.186. The summed E-state index contributed by atoms with van der Waals surface area (Å²) in [6.07, 6.45) is 6.08. The van der Waals surface area contributed by atoms with Crippen LogP contribution in [-0.2, 0) is 24.8 Å². The normalized spacial score (nSPS) is 13.8. The second-order valence-corrected chi connectivity index (χ2v) is 9.57. The number of amides is 1. The average molecular weight is 491 g/mol. The Morgan fingerprint density at radius 1 is 1.31 bits per heavy atom. The summed E-state index contributed by atoms with van der Waals surface area (Å²) in [5, 5.41) is 20.3. The second-order valence-electron chi connectivity index (χ2n) is 8.43. The molecular weight excluding hydrogens is 464 g/mol. The monoisotopic (exact) mass is 490 g/mol. The molecule has 10 heteroatoms. The summed E-state index contributed by atoms with van der Waals surface area (Å²) in [4.78, 5) is 23.7. The third kappa shape index (κ3) is 5.09. The van der Waals surface area contributed by atoms with Gasteiger partial charge >= 0.3 is 0 Å². The maximum atomic E-state index is 12.9. The minimum Gasteiger partial charge on any atom is -0.394 e. The molecule has 1 unspecified atom stereocenters. The molecule has 1 aliphatic heterocycles. The molecule has 5 rings (SSSR count). The molecule has 3 aromatic heterocycles. The Morgan fingerprint density at radius 3 is 2.94 bits per heavy atom. The largest absolute Gasteiger partial charge is 0.394 e. The van der Waals surface area contributed by atoms with Crippen LogP contribution in [-0.4, -0.2) is 44.0 Å². The number of benzene rings is 1. The predicted octanol–water partition coefficient (Wildman–Crippen LogP) is 3.53. The standard InChI is InChI=1S/C25H26N6O3S/c1-15-9-16(20-5-7-26-25(30-20)28-18-11-27-31(2)12-18)3-4-19(15)21(13-32)29-24(33)23-10-17-14-34-8-6-22(17)35-23/h3-5,7,9-12,21,32H,6,8,13-14H2,1-2H3,(H,29,33)(H,26,28,30). The Morgan fingerprint density at radius 2 is 2.20 bits per heavy atom. The van der Waals surface area contributed by atoms with Crippen molar-refractivity contribution in [2.75, 3.05) is 18.5 Å². The third-order valence-corrected chi connectivity index (χ3v) is 7.13. The van der Waals surface area contributed by atoms with Crippen molar-refractivity contribution < 1.29 is 14.6 Å². The first kappa shape index (κ1) is 23.2. The predicted molar refractivity (Wildman–Crippen MR) is 134 cm³/mol. The van der Waals surface area contributed by atoms with Gasteiger partial charge in [0.25, 0.3) is 5.91 Å². The van der Waals surface area contributed by atoms with Crippen LogP contribution in [0.25, 0.3) is 11.3 Å². The van der Waals surface area contributed by atoms with Crippen LogP contribution in [0.4, 0.5) is 11.6 Å². The molecule has 3 N–H and O–H groups in total. The van der Waals surface area contributed by atoms with Crippen molar-refractivity contribution in [3.8, 4) is 11.3 Å². The number of ether oxygens (including phenoxy) is 1. The van der Waals surface area contributed by atoms with E-state index in [0.717, 1.165) is 40.1 Å². The number of hydrogen-bond donors (Lipinski definition) is 3. The molecule has 0 saturated heterocycles. The van der Waals surface area contributed by atoms with Crippen LogP contribution in [0.5, 0.6) is 0 Å². The van der Waals surface area contributed by atoms with Gasteiger partial charge in [0.05, 0.1) is 48.3 Å². The number of aliphatic hydroxyl groups excluding tert-OH is 1. The number of nitrogens with zero attached hydrogens (tertiary/aromatic N) is 4. The number of carbonyl (C=O) groups is 1. The highest BCUT2D eigenvalue weighted by Gasteiger charge is 2.21. The van der Waals surface area contributed by atoms with E-state index in [1.807, 2.05) is 50.5 Å². The smallest absolute Gasteiger partial charge is 0.261 e. The molecule has 180 valence electrons. The van der Waals surface area contributed by atoms with Crippen molar-refractivity contribution in [3.63, 3.8) is 0 Å². The van der Waals surface area contributed by atoms with Crippen LogP contribution in [0.2, 0.25) is 0 Å². The molecule has 0 bridgehead atoms. The van der Waals surface area contributed by atoms with E-state index in [-0.39, 0.29) is 12.5 Å². The molecule has 0 fully saturated rings. The van der Waals surface area contributed by atoms with Crippen LogP contribution in [0.1, 0.15) is 37.3 Å². The molecule has 0 saturated carbocycles. The fourth-order valence-corrected chi connectivity index (χ4v) is 5.18. The molecule has 0 spiro atoms. The summed E-state index contributed by atoms with van der Waals surface area (Å²) in [6.45, 7) is 3.00. The molecule has 0 radical (unpaired) electrons. The van der Waals surface area contributed by atoms with Crippen molar-refractivity contribution >= 4 is 28.9 Å². The van der Waals surface area contributed by atoms with Gasteiger partial charge in [0.15, 0.2) is 0 Å². The summed E-state index contributed by atoms with van der Waals surface area (Å²) < 4.78 is 7.18. The van der Waals surface area contributed by atoms with Gasteiger partial charge in [-0.1, -0.05) is 12.1 Å². The minimum atomic E-state index is -0.514. The average Bonchev–Trinajstić information content (AvgIpc) is 3.48. The lowest BCUT2D eigenvalue weighted by atomic mass is 9.98. The lowest BCUT2D eigenvalue weighted by Crippen LogP contribution is -2.30. The first-order chi connectivity index (χ1) is 17.0. The number of fused-ring (bicyclic) bond motifs is 1. The van der Waals surface area contributed by atoms with Crippen molar-refractivity contribution in [3.05, 3.63) is 75.4 Å². The van der Waals surface area contributed by atoms with Crippen LogP contribution in [0.15, 0.2) is 48.9 Å². The first-order valence-corrected chi connectivity index (χ1v) is 12.1. The summed E-state index contributed by atoms with van der Waals surface area (Å²) in [6, 6.07) is 9.09. The van der Waals surface area contributed by atoms with E-state index >= 15 is 0 Å². The summed E-state index contributed by atoms with van der Waals surface area (Å²) in [7, 11) is 1.84. The van der Waals surface area contributed by atoms with Gasteiger partial charge in [-0.05, 0) is 41.8 Å². The van der Waals surface area contributed by atoms with Gasteiger partial charge in [-0.3, -0.25) is 9.48 Å². The number of hydrogen-bond acceptors (Lipinski definition) is 8. The van der Waals surface area contributed by atoms with E-state index in [9.17, 15) is 9.90 Å². The number of aryl methyl sites for hydroxylation is 2. The van der Waals surface area contributed by atoms with Gasteiger partial charge in [0, 0.05) is 36.3 Å². The molecular formula is C25H26N6O3S. The molecule has 0 aliphatic carbocycles. The highest BCUT2D eigenvalue weighted by atomic mass is 32.1. The molecule has 4 heterocycles. The molecule has 9 nitrogen and oxygen atoms in total. The van der Waals surface area contributed by atoms with E-state index in [2.05, 4.69) is 25.7 Å². The lowest BCUT2D eigenvalue weighted by Gasteiger charge is -2.19. The number of anilines is 2. The highest BCUT2D eigenvalue weighted by molar-refractivity contribution is 7.14. The Labute approximate surface area is 206 Å². The topological polar surface area (TPSA) is 114 Å². The number of aliphatic hydroxyl groups is 1. The van der Waals surface area contributed by atoms with Crippen molar-refractivity contribution in [1.82, 2.24) is 25.1 Å². The van der Waals surface area contributed by atoms with Crippen LogP contribution in [0.3, 0.4) is 0 Å². The van der Waals surface area contributed by atoms with Gasteiger partial charge in [-0.15, -0.1) is 11.3 Å². The van der Waals surface area contributed by atoms with Gasteiger partial charge in [-0.25, -0.2) is 9.97 Å². The van der Waals surface area contributed by atoms with E-state index < -0.39 is 6.04 Å². The summed E-state index contributed by atoms with van der Waals surface area (Å²) in [5.41, 5.74) is 5.36. The van der Waals surface area contributed by atoms with Gasteiger partial charge < -0.3 is 20.5 Å². The SMILES string of the molecule is Cc1cc(-c2ccnc(Nc3cnn(C)c3)n2)ccc1C(CO)NC(=O)c1cc2c(s1)CCOC2. The Hall–Kier alpha value is -3.60. The van der Waals surface area contributed by atoms with Crippen LogP contribution in [0, 0.1) is 6.92 Å². The Balaban J connectivity index is 1.32. The zero-order valence-corrected chi connectivity index (χ0v) is 20.3. The van der Waals surface area contributed by atoms with Gasteiger partial charge in [-0.2, -0.15) is 5.10 Å². The number of thiophene rings is 1. The van der Waals surface area contributed by atoms with Crippen molar-refractivity contribution in [2.45, 2.75) is 26.0 Å². The number of nitrogens with one attached hydrogen (secondary N) is 2. The number of aromatic nitrogens is 4. The molecule has 4 aromatic rings. The van der Waals surface area contributed by atoms with E-state index in [1.165, 1.54) is 16.2 Å². The highest BCUT2D eigenvalue weighted by Crippen LogP contribution is 2.29. The molecule has 35 heavy (non-hydrogen) atoms. The third-order valence-electron chi connectivity index (χ3n) is 5.90.